The molecule has 3 heterocycles. The summed E-state index contributed by atoms with van der Waals surface area (Å²) in [5, 5.41) is 9.20. The number of nitrogens with zero attached hydrogens (tertiary/aromatic N) is 2. The number of aryl methyl sites for hydroxylation is 3. The first-order chi connectivity index (χ1) is 12.0. The van der Waals surface area contributed by atoms with Gasteiger partial charge in [0.15, 0.2) is 5.78 Å². The zero-order valence-corrected chi connectivity index (χ0v) is 15.9. The van der Waals surface area contributed by atoms with Crippen LogP contribution < -0.4 is 0 Å². The number of carbonyl (C=O) groups is 2. The zero-order chi connectivity index (χ0) is 18.0. The topological polar surface area (TPSA) is 66.1 Å². The third-order valence-corrected chi connectivity index (χ3v) is 6.19. The van der Waals surface area contributed by atoms with Crippen LogP contribution in [0.3, 0.4) is 0 Å². The molecule has 0 saturated carbocycles. The van der Waals surface area contributed by atoms with Crippen LogP contribution in [0.4, 0.5) is 0 Å². The van der Waals surface area contributed by atoms with Crippen molar-refractivity contribution < 1.29 is 9.59 Å². The average Bonchev–Trinajstić information content (AvgIpc) is 3.19. The number of thiophene rings is 1. The van der Waals surface area contributed by atoms with Crippen LogP contribution in [0.15, 0.2) is 11.4 Å². The van der Waals surface area contributed by atoms with Gasteiger partial charge in [-0.05, 0) is 56.2 Å². The Labute approximate surface area is 152 Å². The summed E-state index contributed by atoms with van der Waals surface area (Å²) in [5.41, 5.74) is 4.19. The second-order valence-corrected chi connectivity index (χ2v) is 7.81. The monoisotopic (exact) mass is 359 g/mol. The average molecular weight is 359 g/mol. The third kappa shape index (κ3) is 3.84. The van der Waals surface area contributed by atoms with Crippen LogP contribution in [0.2, 0.25) is 0 Å². The van der Waals surface area contributed by atoms with Crippen LogP contribution in [0.5, 0.6) is 0 Å². The number of Topliss-reactive ketones (excluding diaryl/α,β-unsaturated/α-hetero) is 1. The van der Waals surface area contributed by atoms with E-state index in [-0.39, 0.29) is 17.6 Å². The quantitative estimate of drug-likeness (QED) is 0.832. The van der Waals surface area contributed by atoms with Crippen molar-refractivity contribution >= 4 is 23.0 Å². The Balaban J connectivity index is 1.59. The molecule has 1 fully saturated rings. The van der Waals surface area contributed by atoms with Crippen LogP contribution in [0.25, 0.3) is 0 Å². The van der Waals surface area contributed by atoms with E-state index in [1.165, 1.54) is 11.3 Å². The van der Waals surface area contributed by atoms with Crippen LogP contribution >= 0.6 is 11.3 Å². The molecule has 2 aromatic heterocycles. The van der Waals surface area contributed by atoms with Crippen LogP contribution in [-0.2, 0) is 11.2 Å². The Bertz CT molecular complexity index is 777. The lowest BCUT2D eigenvalue weighted by molar-refractivity contribution is -0.132. The molecule has 1 atom stereocenters. The first kappa shape index (κ1) is 17.9. The van der Waals surface area contributed by atoms with Gasteiger partial charge in [0.05, 0.1) is 10.6 Å². The maximum absolute atomic E-state index is 12.7. The second-order valence-electron chi connectivity index (χ2n) is 6.90. The summed E-state index contributed by atoms with van der Waals surface area (Å²) in [6.07, 6.45) is 2.86. The molecule has 0 radical (unpaired) electrons. The molecule has 0 aromatic carbocycles. The lowest BCUT2D eigenvalue weighted by Crippen LogP contribution is -2.42. The predicted molar refractivity (Wildman–Crippen MR) is 99.1 cm³/mol. The fourth-order valence-corrected chi connectivity index (χ4v) is 4.34. The number of amides is 1. The van der Waals surface area contributed by atoms with Gasteiger partial charge < -0.3 is 4.90 Å². The molecule has 1 saturated heterocycles. The fourth-order valence-electron chi connectivity index (χ4n) is 3.39. The summed E-state index contributed by atoms with van der Waals surface area (Å²) in [7, 11) is 0. The van der Waals surface area contributed by atoms with Crippen molar-refractivity contribution in [1.82, 2.24) is 15.1 Å². The Morgan fingerprint density at radius 2 is 2.16 bits per heavy atom. The molecular formula is C19H25N3O2S. The van der Waals surface area contributed by atoms with Gasteiger partial charge in [-0.15, -0.1) is 11.3 Å². The zero-order valence-electron chi connectivity index (χ0n) is 15.1. The maximum Gasteiger partial charge on any atom is 0.222 e. The molecule has 1 N–H and O–H groups in total. The number of likely N-dealkylation sites (tertiary alicyclic amines) is 1. The highest BCUT2D eigenvalue weighted by Gasteiger charge is 2.30. The van der Waals surface area contributed by atoms with Crippen molar-refractivity contribution in [2.75, 3.05) is 13.1 Å². The van der Waals surface area contributed by atoms with Crippen molar-refractivity contribution in [2.24, 2.45) is 5.92 Å². The normalized spacial score (nSPS) is 17.7. The van der Waals surface area contributed by atoms with E-state index >= 15 is 0 Å². The molecule has 5 nitrogen and oxygen atoms in total. The molecule has 1 aliphatic heterocycles. The summed E-state index contributed by atoms with van der Waals surface area (Å²) in [6, 6.07) is 1.98. The molecular weight excluding hydrogens is 334 g/mol. The van der Waals surface area contributed by atoms with Gasteiger partial charge >= 0.3 is 0 Å². The van der Waals surface area contributed by atoms with Gasteiger partial charge in [0.1, 0.15) is 0 Å². The number of rotatable bonds is 5. The van der Waals surface area contributed by atoms with Gasteiger partial charge in [-0.3, -0.25) is 14.7 Å². The number of hydrogen-bond acceptors (Lipinski definition) is 4. The highest BCUT2D eigenvalue weighted by atomic mass is 32.1. The van der Waals surface area contributed by atoms with Gasteiger partial charge in [-0.25, -0.2) is 0 Å². The molecule has 134 valence electrons. The standard InChI is InChI=1S/C19H25N3O2S/c1-12-8-10-25-19(12)18(24)15-5-4-9-22(11-15)17(23)7-6-16-13(2)14(3)20-21-16/h8,10,15H,4-7,9,11H2,1-3H3,(H,20,21). The van der Waals surface area contributed by atoms with Crippen molar-refractivity contribution in [3.8, 4) is 0 Å². The highest BCUT2D eigenvalue weighted by molar-refractivity contribution is 7.12. The van der Waals surface area contributed by atoms with Gasteiger partial charge in [-0.1, -0.05) is 0 Å². The minimum Gasteiger partial charge on any atom is -0.342 e. The van der Waals surface area contributed by atoms with Gasteiger partial charge in [0.25, 0.3) is 0 Å². The number of carbonyl (C=O) groups excluding carboxylic acids is 2. The van der Waals surface area contributed by atoms with Crippen LogP contribution in [-0.4, -0.2) is 39.9 Å². The Hall–Kier alpha value is -1.95. The van der Waals surface area contributed by atoms with Crippen molar-refractivity contribution in [2.45, 2.75) is 46.5 Å². The molecule has 25 heavy (non-hydrogen) atoms. The molecule has 1 amide bonds. The minimum atomic E-state index is -0.0654. The largest absolute Gasteiger partial charge is 0.342 e. The Kier molecular flexibility index (Phi) is 5.37. The minimum absolute atomic E-state index is 0.0654. The van der Waals surface area contributed by atoms with E-state index in [1.54, 1.807) is 0 Å². The second kappa shape index (κ2) is 7.52. The van der Waals surface area contributed by atoms with E-state index in [4.69, 9.17) is 0 Å². The Morgan fingerprint density at radius 1 is 1.36 bits per heavy atom. The lowest BCUT2D eigenvalue weighted by Gasteiger charge is -2.32. The number of aromatic amines is 1. The summed E-state index contributed by atoms with van der Waals surface area (Å²) in [5.74, 6) is 0.258. The molecule has 2 aromatic rings. The molecule has 0 bridgehead atoms. The SMILES string of the molecule is Cc1ccsc1C(=O)C1CCCN(C(=O)CCc2n[nH]c(C)c2C)C1. The number of aromatic nitrogens is 2. The van der Waals surface area contributed by atoms with E-state index in [0.29, 0.717) is 19.4 Å². The van der Waals surface area contributed by atoms with Crippen LogP contribution in [0.1, 0.15) is 51.4 Å². The number of nitrogens with one attached hydrogen (secondary N) is 1. The summed E-state index contributed by atoms with van der Waals surface area (Å²) >= 11 is 1.51. The lowest BCUT2D eigenvalue weighted by atomic mass is 9.92. The molecule has 6 heteroatoms. The van der Waals surface area contributed by atoms with Crippen molar-refractivity contribution in [1.29, 1.82) is 0 Å². The van der Waals surface area contributed by atoms with Crippen molar-refractivity contribution in [3.05, 3.63) is 38.8 Å². The van der Waals surface area contributed by atoms with Crippen molar-refractivity contribution in [3.63, 3.8) is 0 Å². The van der Waals surface area contributed by atoms with Gasteiger partial charge in [0, 0.05) is 37.5 Å². The van der Waals surface area contributed by atoms with Gasteiger partial charge in [0.2, 0.25) is 5.91 Å². The molecule has 0 aliphatic carbocycles. The fraction of sp³-hybridized carbons (Fsp3) is 0.526. The predicted octanol–water partition coefficient (Wildman–Crippen LogP) is 3.45. The van der Waals surface area contributed by atoms with E-state index in [9.17, 15) is 9.59 Å². The Morgan fingerprint density at radius 3 is 2.80 bits per heavy atom. The van der Waals surface area contributed by atoms with E-state index in [2.05, 4.69) is 10.2 Å². The summed E-state index contributed by atoms with van der Waals surface area (Å²) in [4.78, 5) is 28.0. The molecule has 1 unspecified atom stereocenters. The summed E-state index contributed by atoms with van der Waals surface area (Å²) < 4.78 is 0. The number of H-pyrrole nitrogens is 1. The summed E-state index contributed by atoms with van der Waals surface area (Å²) in [6.45, 7) is 7.29. The smallest absolute Gasteiger partial charge is 0.222 e. The van der Waals surface area contributed by atoms with Crippen LogP contribution in [0, 0.1) is 26.7 Å². The number of piperidine rings is 1. The number of hydrogen-bond donors (Lipinski definition) is 1. The third-order valence-electron chi connectivity index (χ3n) is 5.16. The molecule has 3 rings (SSSR count). The van der Waals surface area contributed by atoms with Gasteiger partial charge in [-0.2, -0.15) is 5.10 Å². The molecule has 1 aliphatic rings. The first-order valence-corrected chi connectivity index (χ1v) is 9.72. The van der Waals surface area contributed by atoms with E-state index < -0.39 is 0 Å². The maximum atomic E-state index is 12.7. The highest BCUT2D eigenvalue weighted by Crippen LogP contribution is 2.26. The number of ketones is 1. The molecule has 0 spiro atoms. The first-order valence-electron chi connectivity index (χ1n) is 8.84. The van der Waals surface area contributed by atoms with E-state index in [1.807, 2.05) is 37.1 Å². The van der Waals surface area contributed by atoms with E-state index in [0.717, 1.165) is 46.8 Å².